The highest BCUT2D eigenvalue weighted by Gasteiger charge is 2.31. The van der Waals surface area contributed by atoms with Gasteiger partial charge in [0.1, 0.15) is 11.6 Å². The maximum absolute atomic E-state index is 13.8. The average Bonchev–Trinajstić information content (AvgIpc) is 2.82. The molecule has 25 heavy (non-hydrogen) atoms. The summed E-state index contributed by atoms with van der Waals surface area (Å²) in [6.45, 7) is 3.41. The number of aromatic nitrogens is 1. The largest absolute Gasteiger partial charge is 0.417 e. The van der Waals surface area contributed by atoms with Gasteiger partial charge in [-0.2, -0.15) is 13.2 Å². The smallest absolute Gasteiger partial charge is 0.355 e. The molecule has 0 unspecified atom stereocenters. The van der Waals surface area contributed by atoms with Crippen LogP contribution in [0.1, 0.15) is 17.5 Å². The van der Waals surface area contributed by atoms with Gasteiger partial charge in [-0.05, 0) is 24.6 Å². The van der Waals surface area contributed by atoms with Crippen molar-refractivity contribution in [2.75, 3.05) is 31.1 Å². The van der Waals surface area contributed by atoms with Crippen LogP contribution < -0.4 is 4.90 Å². The minimum absolute atomic E-state index is 0.215. The Balaban J connectivity index is 1.62. The minimum Gasteiger partial charge on any atom is -0.355 e. The molecule has 2 heterocycles. The number of hydrogen-bond acceptors (Lipinski definition) is 3. The summed E-state index contributed by atoms with van der Waals surface area (Å²) in [5.74, 6) is 0.328. The average molecular weight is 353 g/mol. The number of halogens is 4. The monoisotopic (exact) mass is 353 g/mol. The molecular formula is C18H19F4N3. The Hall–Kier alpha value is -2.15. The zero-order chi connectivity index (χ0) is 17.9. The van der Waals surface area contributed by atoms with E-state index in [-0.39, 0.29) is 5.82 Å². The van der Waals surface area contributed by atoms with Crippen LogP contribution >= 0.6 is 0 Å². The van der Waals surface area contributed by atoms with E-state index in [1.54, 1.807) is 12.1 Å². The molecule has 0 N–H and O–H groups in total. The van der Waals surface area contributed by atoms with Crippen LogP contribution in [0.15, 0.2) is 42.6 Å². The van der Waals surface area contributed by atoms with E-state index >= 15 is 0 Å². The SMILES string of the molecule is Fc1ccccc1CN1CCCN(c2ccc(C(F)(F)F)cn2)CC1. The van der Waals surface area contributed by atoms with E-state index in [2.05, 4.69) is 9.88 Å². The number of pyridine rings is 1. The molecule has 0 amide bonds. The summed E-state index contributed by atoms with van der Waals surface area (Å²) in [4.78, 5) is 8.09. The van der Waals surface area contributed by atoms with Crippen LogP contribution in [-0.4, -0.2) is 36.1 Å². The van der Waals surface area contributed by atoms with Crippen LogP contribution in [0.3, 0.4) is 0 Å². The van der Waals surface area contributed by atoms with Gasteiger partial charge >= 0.3 is 6.18 Å². The Morgan fingerprint density at radius 2 is 1.76 bits per heavy atom. The first kappa shape index (κ1) is 17.7. The van der Waals surface area contributed by atoms with Gasteiger partial charge < -0.3 is 4.90 Å². The first-order valence-corrected chi connectivity index (χ1v) is 8.17. The van der Waals surface area contributed by atoms with Crippen molar-refractivity contribution in [2.24, 2.45) is 0 Å². The normalized spacial score (nSPS) is 16.7. The van der Waals surface area contributed by atoms with Crippen molar-refractivity contribution < 1.29 is 17.6 Å². The van der Waals surface area contributed by atoms with E-state index < -0.39 is 11.7 Å². The number of alkyl halides is 3. The Bertz CT molecular complexity index is 700. The second-order valence-corrected chi connectivity index (χ2v) is 6.11. The fourth-order valence-electron chi connectivity index (χ4n) is 2.97. The lowest BCUT2D eigenvalue weighted by Gasteiger charge is -2.23. The molecule has 2 aromatic rings. The van der Waals surface area contributed by atoms with Crippen LogP contribution in [0.25, 0.3) is 0 Å². The molecule has 7 heteroatoms. The standard InChI is InChI=1S/C18H19F4N3/c19-16-5-2-1-4-14(16)13-24-8-3-9-25(11-10-24)17-7-6-15(12-23-17)18(20,21)22/h1-2,4-7,12H,3,8-11,13H2. The fourth-order valence-corrected chi connectivity index (χ4v) is 2.97. The Morgan fingerprint density at radius 1 is 0.960 bits per heavy atom. The van der Waals surface area contributed by atoms with E-state index in [0.29, 0.717) is 37.6 Å². The fraction of sp³-hybridized carbons (Fsp3) is 0.389. The first-order valence-electron chi connectivity index (χ1n) is 8.17. The molecule has 1 aliphatic heterocycles. The summed E-state index contributed by atoms with van der Waals surface area (Å²) in [6.07, 6.45) is -2.66. The lowest BCUT2D eigenvalue weighted by molar-refractivity contribution is -0.137. The van der Waals surface area contributed by atoms with Crippen molar-refractivity contribution >= 4 is 5.82 Å². The molecule has 1 saturated heterocycles. The highest BCUT2D eigenvalue weighted by molar-refractivity contribution is 5.40. The predicted molar refractivity (Wildman–Crippen MR) is 87.7 cm³/mol. The van der Waals surface area contributed by atoms with Crippen molar-refractivity contribution in [1.29, 1.82) is 0 Å². The van der Waals surface area contributed by atoms with Crippen LogP contribution in [0.4, 0.5) is 23.4 Å². The Labute approximate surface area is 143 Å². The summed E-state index contributed by atoms with van der Waals surface area (Å²) in [5, 5.41) is 0. The van der Waals surface area contributed by atoms with E-state index in [0.717, 1.165) is 25.2 Å². The number of anilines is 1. The molecule has 1 aromatic heterocycles. The quantitative estimate of drug-likeness (QED) is 0.779. The third-order valence-electron chi connectivity index (χ3n) is 4.34. The van der Waals surface area contributed by atoms with Gasteiger partial charge in [-0.3, -0.25) is 4.90 Å². The van der Waals surface area contributed by atoms with Crippen LogP contribution in [-0.2, 0) is 12.7 Å². The van der Waals surface area contributed by atoms with Gasteiger partial charge in [-0.25, -0.2) is 9.37 Å². The number of hydrogen-bond donors (Lipinski definition) is 0. The molecule has 134 valence electrons. The van der Waals surface area contributed by atoms with Gasteiger partial charge in [-0.1, -0.05) is 18.2 Å². The summed E-state index contributed by atoms with van der Waals surface area (Å²) in [5.41, 5.74) is -0.0872. The van der Waals surface area contributed by atoms with Crippen molar-refractivity contribution in [3.8, 4) is 0 Å². The second kappa shape index (κ2) is 7.39. The topological polar surface area (TPSA) is 19.4 Å². The molecule has 3 rings (SSSR count). The van der Waals surface area contributed by atoms with Gasteiger partial charge in [0, 0.05) is 44.5 Å². The highest BCUT2D eigenvalue weighted by atomic mass is 19.4. The maximum atomic E-state index is 13.8. The van der Waals surface area contributed by atoms with Crippen molar-refractivity contribution in [3.63, 3.8) is 0 Å². The second-order valence-electron chi connectivity index (χ2n) is 6.11. The minimum atomic E-state index is -4.37. The molecule has 0 atom stereocenters. The lowest BCUT2D eigenvalue weighted by Crippen LogP contribution is -2.31. The molecular weight excluding hydrogens is 334 g/mol. The maximum Gasteiger partial charge on any atom is 0.417 e. The van der Waals surface area contributed by atoms with Crippen LogP contribution in [0.2, 0.25) is 0 Å². The highest BCUT2D eigenvalue weighted by Crippen LogP contribution is 2.29. The van der Waals surface area contributed by atoms with Crippen molar-refractivity contribution in [2.45, 2.75) is 19.1 Å². The third kappa shape index (κ3) is 4.48. The molecule has 1 fully saturated rings. The number of nitrogens with zero attached hydrogens (tertiary/aromatic N) is 3. The molecule has 0 aliphatic carbocycles. The first-order chi connectivity index (χ1) is 11.9. The van der Waals surface area contributed by atoms with E-state index in [9.17, 15) is 17.6 Å². The Morgan fingerprint density at radius 3 is 2.44 bits per heavy atom. The number of benzene rings is 1. The van der Waals surface area contributed by atoms with Crippen molar-refractivity contribution in [3.05, 3.63) is 59.5 Å². The zero-order valence-corrected chi connectivity index (χ0v) is 13.6. The molecule has 0 saturated carbocycles. The van der Waals surface area contributed by atoms with Crippen LogP contribution in [0, 0.1) is 5.82 Å². The zero-order valence-electron chi connectivity index (χ0n) is 13.6. The molecule has 3 nitrogen and oxygen atoms in total. The van der Waals surface area contributed by atoms with Gasteiger partial charge in [0.15, 0.2) is 0 Å². The van der Waals surface area contributed by atoms with Crippen LogP contribution in [0.5, 0.6) is 0 Å². The van der Waals surface area contributed by atoms with Gasteiger partial charge in [-0.15, -0.1) is 0 Å². The molecule has 1 aromatic carbocycles. The van der Waals surface area contributed by atoms with E-state index in [1.807, 2.05) is 11.0 Å². The number of rotatable bonds is 3. The lowest BCUT2D eigenvalue weighted by atomic mass is 10.2. The summed E-state index contributed by atoms with van der Waals surface area (Å²) in [7, 11) is 0. The molecule has 0 spiro atoms. The summed E-state index contributed by atoms with van der Waals surface area (Å²) < 4.78 is 51.7. The van der Waals surface area contributed by atoms with Crippen molar-refractivity contribution in [1.82, 2.24) is 9.88 Å². The van der Waals surface area contributed by atoms with Gasteiger partial charge in [0.2, 0.25) is 0 Å². The predicted octanol–water partition coefficient (Wildman–Crippen LogP) is 3.95. The van der Waals surface area contributed by atoms with Gasteiger partial charge in [0.25, 0.3) is 0 Å². The molecule has 1 aliphatic rings. The third-order valence-corrected chi connectivity index (χ3v) is 4.34. The summed E-state index contributed by atoms with van der Waals surface area (Å²) in [6, 6.07) is 9.18. The molecule has 0 radical (unpaired) electrons. The molecule has 0 bridgehead atoms. The van der Waals surface area contributed by atoms with E-state index in [1.165, 1.54) is 12.1 Å². The Kier molecular flexibility index (Phi) is 5.22. The van der Waals surface area contributed by atoms with E-state index in [4.69, 9.17) is 0 Å². The van der Waals surface area contributed by atoms with Gasteiger partial charge in [0.05, 0.1) is 5.56 Å². The summed E-state index contributed by atoms with van der Waals surface area (Å²) >= 11 is 0.